The highest BCUT2D eigenvalue weighted by Crippen LogP contribution is 2.53. The van der Waals surface area contributed by atoms with Crippen LogP contribution in [0.15, 0.2) is 0 Å². The fourth-order valence-electron chi connectivity index (χ4n) is 1.60. The normalized spacial score (nSPS) is 11.3. The molecule has 0 aromatic rings. The topological polar surface area (TPSA) is 148 Å². The highest BCUT2D eigenvalue weighted by molar-refractivity contribution is 7.60. The quantitative estimate of drug-likeness (QED) is 0.178. The third kappa shape index (κ3) is 46.3. The lowest BCUT2D eigenvalue weighted by Gasteiger charge is -2.03. The lowest BCUT2D eigenvalue weighted by atomic mass is 10.3. The molecule has 9 nitrogen and oxygen atoms in total. The van der Waals surface area contributed by atoms with Gasteiger partial charge in [-0.2, -0.15) is 4.31 Å². The Kier molecular flexibility index (Phi) is 26.5. The van der Waals surface area contributed by atoms with E-state index < -0.39 is 15.6 Å². The SMILES string of the molecule is CCCCNCCCC.CCCCNCCCC.O=P(O)(O)OP(=O)(O)O. The van der Waals surface area contributed by atoms with Crippen LogP contribution in [0.2, 0.25) is 0 Å². The van der Waals surface area contributed by atoms with E-state index in [1.807, 2.05) is 0 Å². The minimum Gasteiger partial charge on any atom is -0.317 e. The molecule has 0 saturated heterocycles. The highest BCUT2D eigenvalue weighted by atomic mass is 31.3. The van der Waals surface area contributed by atoms with Crippen molar-refractivity contribution >= 4 is 15.6 Å². The standard InChI is InChI=1S/2C8H19N.H4O7P2/c2*1-3-5-7-9-8-6-4-2;1-8(2,3)7-9(4,5)6/h2*9H,3-8H2,1-2H3;(H2,1,2,3)(H2,4,5,6). The molecule has 0 atom stereocenters. The average molecular weight is 436 g/mol. The summed E-state index contributed by atoms with van der Waals surface area (Å²) < 4.78 is 22.2. The van der Waals surface area contributed by atoms with Crippen molar-refractivity contribution in [3.8, 4) is 0 Å². The zero-order valence-electron chi connectivity index (χ0n) is 17.4. The molecule has 0 spiro atoms. The van der Waals surface area contributed by atoms with Crippen LogP contribution >= 0.6 is 15.6 Å². The van der Waals surface area contributed by atoms with Gasteiger partial charge < -0.3 is 30.2 Å². The Morgan fingerprint density at radius 3 is 0.926 bits per heavy atom. The molecule has 0 aromatic carbocycles. The lowest BCUT2D eigenvalue weighted by Crippen LogP contribution is -2.15. The summed E-state index contributed by atoms with van der Waals surface area (Å²) in [6.07, 6.45) is 10.5. The van der Waals surface area contributed by atoms with Crippen molar-refractivity contribution in [3.63, 3.8) is 0 Å². The molecule has 0 fully saturated rings. The maximum Gasteiger partial charge on any atom is 0.478 e. The van der Waals surface area contributed by atoms with Crippen LogP contribution in [0.3, 0.4) is 0 Å². The smallest absolute Gasteiger partial charge is 0.317 e. The van der Waals surface area contributed by atoms with Gasteiger partial charge in [-0.1, -0.05) is 53.4 Å². The maximum atomic E-state index is 9.63. The number of unbranched alkanes of at least 4 members (excludes halogenated alkanes) is 4. The molecule has 0 unspecified atom stereocenters. The van der Waals surface area contributed by atoms with E-state index in [1.54, 1.807) is 0 Å². The van der Waals surface area contributed by atoms with E-state index >= 15 is 0 Å². The predicted octanol–water partition coefficient (Wildman–Crippen LogP) is 3.54. The molecule has 0 heterocycles. The van der Waals surface area contributed by atoms with Gasteiger partial charge in [0.15, 0.2) is 0 Å². The first-order valence-corrected chi connectivity index (χ1v) is 12.8. The van der Waals surface area contributed by atoms with Crippen LogP contribution in [0.4, 0.5) is 0 Å². The summed E-state index contributed by atoms with van der Waals surface area (Å²) >= 11 is 0. The van der Waals surface area contributed by atoms with Gasteiger partial charge in [0.05, 0.1) is 0 Å². The van der Waals surface area contributed by atoms with E-state index in [-0.39, 0.29) is 0 Å². The van der Waals surface area contributed by atoms with Crippen molar-refractivity contribution in [2.75, 3.05) is 26.2 Å². The van der Waals surface area contributed by atoms with Crippen molar-refractivity contribution in [2.45, 2.75) is 79.1 Å². The molecule has 11 heteroatoms. The summed E-state index contributed by atoms with van der Waals surface area (Å²) in [7, 11) is -10.1. The summed E-state index contributed by atoms with van der Waals surface area (Å²) in [4.78, 5) is 31.0. The minimum atomic E-state index is -5.05. The molecule has 0 aliphatic heterocycles. The summed E-state index contributed by atoms with van der Waals surface area (Å²) in [5, 5.41) is 6.77. The molecule has 0 amide bonds. The van der Waals surface area contributed by atoms with Gasteiger partial charge in [-0.05, 0) is 51.9 Å². The maximum absolute atomic E-state index is 9.63. The third-order valence-electron chi connectivity index (χ3n) is 3.04. The van der Waals surface area contributed by atoms with Gasteiger partial charge in [0.1, 0.15) is 0 Å². The summed E-state index contributed by atoms with van der Waals surface area (Å²) in [5.74, 6) is 0. The lowest BCUT2D eigenvalue weighted by molar-refractivity contribution is 0.225. The molecule has 27 heavy (non-hydrogen) atoms. The Bertz CT molecular complexity index is 330. The second-order valence-electron chi connectivity index (χ2n) is 5.98. The fraction of sp³-hybridized carbons (Fsp3) is 1.00. The Labute approximate surface area is 165 Å². The van der Waals surface area contributed by atoms with Crippen molar-refractivity contribution in [3.05, 3.63) is 0 Å². The monoisotopic (exact) mass is 436 g/mol. The van der Waals surface area contributed by atoms with Gasteiger partial charge in [-0.3, -0.25) is 0 Å². The largest absolute Gasteiger partial charge is 0.478 e. The van der Waals surface area contributed by atoms with E-state index in [9.17, 15) is 9.13 Å². The first-order valence-electron chi connectivity index (χ1n) is 9.77. The number of hydrogen-bond acceptors (Lipinski definition) is 5. The third-order valence-corrected chi connectivity index (χ3v) is 4.74. The molecule has 0 rings (SSSR count). The van der Waals surface area contributed by atoms with Gasteiger partial charge in [0.25, 0.3) is 0 Å². The molecule has 0 aromatic heterocycles. The Balaban J connectivity index is -0.000000320. The first-order chi connectivity index (χ1) is 12.5. The van der Waals surface area contributed by atoms with E-state index in [0.717, 1.165) is 0 Å². The molecule has 0 radical (unpaired) electrons. The van der Waals surface area contributed by atoms with E-state index in [1.165, 1.54) is 77.5 Å². The summed E-state index contributed by atoms with van der Waals surface area (Å²) in [5.41, 5.74) is 0. The van der Waals surface area contributed by atoms with E-state index in [4.69, 9.17) is 19.6 Å². The molecule has 168 valence electrons. The van der Waals surface area contributed by atoms with Crippen LogP contribution in [-0.2, 0) is 13.4 Å². The molecular weight excluding hydrogens is 394 g/mol. The van der Waals surface area contributed by atoms with Crippen LogP contribution in [0, 0.1) is 0 Å². The number of phosphoric acid groups is 2. The van der Waals surface area contributed by atoms with Crippen LogP contribution < -0.4 is 10.6 Å². The molecule has 0 saturated carbocycles. The second-order valence-corrected chi connectivity index (χ2v) is 8.59. The second kappa shape index (κ2) is 22.5. The van der Waals surface area contributed by atoms with Gasteiger partial charge in [-0.15, -0.1) is 0 Å². The number of hydrogen-bond donors (Lipinski definition) is 6. The van der Waals surface area contributed by atoms with Crippen LogP contribution in [0.1, 0.15) is 79.1 Å². The predicted molar refractivity (Wildman–Crippen MR) is 111 cm³/mol. The Morgan fingerprint density at radius 2 is 0.815 bits per heavy atom. The van der Waals surface area contributed by atoms with Gasteiger partial charge >= 0.3 is 15.6 Å². The van der Waals surface area contributed by atoms with Crippen molar-refractivity contribution in [1.82, 2.24) is 10.6 Å². The van der Waals surface area contributed by atoms with Crippen molar-refractivity contribution in [2.24, 2.45) is 0 Å². The molecule has 0 aliphatic carbocycles. The minimum absolute atomic E-state index is 1.20. The van der Waals surface area contributed by atoms with Crippen LogP contribution in [0.5, 0.6) is 0 Å². The molecule has 6 N–H and O–H groups in total. The Morgan fingerprint density at radius 1 is 0.593 bits per heavy atom. The summed E-state index contributed by atoms with van der Waals surface area (Å²) in [6.45, 7) is 13.7. The fourth-order valence-corrected chi connectivity index (χ4v) is 2.70. The first kappa shape index (κ1) is 31.9. The molecule has 0 bridgehead atoms. The van der Waals surface area contributed by atoms with Crippen molar-refractivity contribution in [1.29, 1.82) is 0 Å². The van der Waals surface area contributed by atoms with Gasteiger partial charge in [0.2, 0.25) is 0 Å². The number of rotatable bonds is 14. The summed E-state index contributed by atoms with van der Waals surface area (Å²) in [6, 6.07) is 0. The van der Waals surface area contributed by atoms with Gasteiger partial charge in [0, 0.05) is 0 Å². The molecule has 0 aliphatic rings. The van der Waals surface area contributed by atoms with Gasteiger partial charge in [-0.25, -0.2) is 9.13 Å². The number of nitrogens with one attached hydrogen (secondary N) is 2. The zero-order chi connectivity index (χ0) is 21.6. The molecular formula is C16H42N2O7P2. The van der Waals surface area contributed by atoms with Crippen molar-refractivity contribution < 1.29 is 33.0 Å². The zero-order valence-corrected chi connectivity index (χ0v) is 19.2. The highest BCUT2D eigenvalue weighted by Gasteiger charge is 2.27. The van der Waals surface area contributed by atoms with Crippen LogP contribution in [0.25, 0.3) is 0 Å². The van der Waals surface area contributed by atoms with E-state index in [2.05, 4.69) is 42.6 Å². The average Bonchev–Trinajstić information content (AvgIpc) is 2.53. The van der Waals surface area contributed by atoms with E-state index in [0.29, 0.717) is 0 Å². The van der Waals surface area contributed by atoms with Crippen LogP contribution in [-0.4, -0.2) is 45.8 Å². The Hall–Kier alpha value is 0.180.